The van der Waals surface area contributed by atoms with E-state index in [2.05, 4.69) is 56.9 Å². The predicted molar refractivity (Wildman–Crippen MR) is 68.4 cm³/mol. The molecule has 15 heavy (non-hydrogen) atoms. The molecule has 0 atom stereocenters. The van der Waals surface area contributed by atoms with Crippen LogP contribution in [0.15, 0.2) is 24.3 Å². The largest absolute Gasteiger partial charge is 0.358 e. The van der Waals surface area contributed by atoms with Gasteiger partial charge in [0.2, 0.25) is 0 Å². The van der Waals surface area contributed by atoms with E-state index in [4.69, 9.17) is 0 Å². The average molecular weight is 203 g/mol. The maximum Gasteiger partial charge on any atom is 0.0458 e. The Kier molecular flexibility index (Phi) is 4.41. The lowest BCUT2D eigenvalue weighted by molar-refractivity contribution is 1.09. The van der Waals surface area contributed by atoms with Gasteiger partial charge in [-0.25, -0.2) is 0 Å². The molecule has 0 saturated heterocycles. The van der Waals surface area contributed by atoms with E-state index in [9.17, 15) is 0 Å². The number of para-hydroxylation sites is 1. The molecule has 0 saturated carbocycles. The zero-order valence-corrected chi connectivity index (χ0v) is 10.2. The lowest BCUT2D eigenvalue weighted by Crippen LogP contribution is -1.79. The van der Waals surface area contributed by atoms with Crippen LogP contribution in [0.5, 0.6) is 0 Å². The molecule has 0 spiro atoms. The molecule has 2 rings (SSSR count). The molecule has 0 radical (unpaired) electrons. The molecule has 1 heterocycles. The van der Waals surface area contributed by atoms with E-state index in [1.54, 1.807) is 0 Å². The molecule has 1 aromatic carbocycles. The molecule has 1 aromatic heterocycles. The third kappa shape index (κ3) is 2.62. The van der Waals surface area contributed by atoms with Crippen LogP contribution < -0.4 is 0 Å². The summed E-state index contributed by atoms with van der Waals surface area (Å²) in [5.41, 5.74) is 4.01. The summed E-state index contributed by atoms with van der Waals surface area (Å²) >= 11 is 0. The Hall–Kier alpha value is -1.24. The Morgan fingerprint density at radius 1 is 1.07 bits per heavy atom. The second kappa shape index (κ2) is 5.59. The Morgan fingerprint density at radius 3 is 2.27 bits per heavy atom. The number of rotatable bonds is 1. The fourth-order valence-corrected chi connectivity index (χ4v) is 1.79. The van der Waals surface area contributed by atoms with Gasteiger partial charge in [-0.2, -0.15) is 0 Å². The van der Waals surface area contributed by atoms with E-state index in [-0.39, 0.29) is 0 Å². The molecule has 1 N–H and O–H groups in total. The molecule has 2 aromatic rings. The molecule has 0 fully saturated rings. The lowest BCUT2D eigenvalue weighted by Gasteiger charge is -1.93. The summed E-state index contributed by atoms with van der Waals surface area (Å²) < 4.78 is 0. The van der Waals surface area contributed by atoms with Crippen LogP contribution >= 0.6 is 0 Å². The third-order valence-electron chi connectivity index (χ3n) is 2.38. The van der Waals surface area contributed by atoms with Crippen molar-refractivity contribution in [2.45, 2.75) is 40.5 Å². The van der Waals surface area contributed by atoms with Crippen molar-refractivity contribution in [3.63, 3.8) is 0 Å². The Morgan fingerprint density at radius 2 is 1.67 bits per heavy atom. The minimum atomic E-state index is 1.11. The molecular weight excluding hydrogens is 182 g/mol. The SMILES string of the molecule is CCC.CCc1c(C)[nH]c2ccccc12. The summed E-state index contributed by atoms with van der Waals surface area (Å²) in [6, 6.07) is 8.46. The molecular formula is C14H21N. The van der Waals surface area contributed by atoms with Crippen molar-refractivity contribution in [1.82, 2.24) is 4.98 Å². The molecule has 0 bridgehead atoms. The summed E-state index contributed by atoms with van der Waals surface area (Å²) in [6.45, 7) is 8.58. The Bertz CT molecular complexity index is 412. The van der Waals surface area contributed by atoms with Crippen LogP contribution in [0.1, 0.15) is 38.4 Å². The highest BCUT2D eigenvalue weighted by molar-refractivity contribution is 5.84. The summed E-state index contributed by atoms with van der Waals surface area (Å²) in [6.07, 6.45) is 2.36. The first-order valence-corrected chi connectivity index (χ1v) is 5.80. The minimum Gasteiger partial charge on any atom is -0.358 e. The molecule has 0 unspecified atom stereocenters. The standard InChI is InChI=1S/C11H13N.C3H8/c1-3-9-8(2)12-11-7-5-4-6-10(9)11;1-3-2/h4-7,12H,3H2,1-2H3;3H2,1-2H3. The van der Waals surface area contributed by atoms with Gasteiger partial charge in [0, 0.05) is 16.6 Å². The molecule has 0 aliphatic carbocycles. The van der Waals surface area contributed by atoms with Gasteiger partial charge in [0.15, 0.2) is 0 Å². The van der Waals surface area contributed by atoms with Crippen molar-refractivity contribution in [3.8, 4) is 0 Å². The normalized spacial score (nSPS) is 9.87. The fourth-order valence-electron chi connectivity index (χ4n) is 1.79. The Labute approximate surface area is 92.5 Å². The van der Waals surface area contributed by atoms with Crippen molar-refractivity contribution in [1.29, 1.82) is 0 Å². The molecule has 0 amide bonds. The number of aromatic nitrogens is 1. The summed E-state index contributed by atoms with van der Waals surface area (Å²) in [4.78, 5) is 3.38. The van der Waals surface area contributed by atoms with Crippen LogP contribution in [0.25, 0.3) is 10.9 Å². The maximum atomic E-state index is 3.38. The van der Waals surface area contributed by atoms with Crippen molar-refractivity contribution >= 4 is 10.9 Å². The van der Waals surface area contributed by atoms with Gasteiger partial charge in [-0.05, 0) is 25.0 Å². The van der Waals surface area contributed by atoms with Crippen molar-refractivity contribution in [2.24, 2.45) is 0 Å². The van der Waals surface area contributed by atoms with E-state index >= 15 is 0 Å². The van der Waals surface area contributed by atoms with E-state index in [1.807, 2.05) is 0 Å². The predicted octanol–water partition coefficient (Wildman–Crippen LogP) is 4.46. The van der Waals surface area contributed by atoms with Crippen LogP contribution in [0, 0.1) is 6.92 Å². The monoisotopic (exact) mass is 203 g/mol. The zero-order chi connectivity index (χ0) is 11.3. The minimum absolute atomic E-state index is 1.11. The highest BCUT2D eigenvalue weighted by Crippen LogP contribution is 2.21. The van der Waals surface area contributed by atoms with Crippen molar-refractivity contribution < 1.29 is 0 Å². The number of aromatic amines is 1. The number of hydrogen-bond donors (Lipinski definition) is 1. The first kappa shape index (κ1) is 11.8. The lowest BCUT2D eigenvalue weighted by atomic mass is 10.1. The van der Waals surface area contributed by atoms with Crippen LogP contribution in [0.2, 0.25) is 0 Å². The van der Waals surface area contributed by atoms with Gasteiger partial charge in [-0.15, -0.1) is 0 Å². The maximum absolute atomic E-state index is 3.38. The smallest absolute Gasteiger partial charge is 0.0458 e. The highest BCUT2D eigenvalue weighted by atomic mass is 14.7. The third-order valence-corrected chi connectivity index (χ3v) is 2.38. The van der Waals surface area contributed by atoms with Crippen LogP contribution in [-0.2, 0) is 6.42 Å². The van der Waals surface area contributed by atoms with Crippen molar-refractivity contribution in [2.75, 3.05) is 0 Å². The topological polar surface area (TPSA) is 15.8 Å². The van der Waals surface area contributed by atoms with Gasteiger partial charge in [0.05, 0.1) is 0 Å². The zero-order valence-electron chi connectivity index (χ0n) is 10.2. The average Bonchev–Trinajstić information content (AvgIpc) is 2.54. The van der Waals surface area contributed by atoms with Gasteiger partial charge < -0.3 is 4.98 Å². The van der Waals surface area contributed by atoms with E-state index in [1.165, 1.54) is 28.6 Å². The first-order chi connectivity index (χ1) is 7.24. The van der Waals surface area contributed by atoms with Gasteiger partial charge in [-0.1, -0.05) is 45.4 Å². The summed E-state index contributed by atoms with van der Waals surface area (Å²) in [5, 5.41) is 1.37. The molecule has 0 aliphatic rings. The van der Waals surface area contributed by atoms with E-state index < -0.39 is 0 Å². The summed E-state index contributed by atoms with van der Waals surface area (Å²) in [5.74, 6) is 0. The number of nitrogens with one attached hydrogen (secondary N) is 1. The van der Waals surface area contributed by atoms with Gasteiger partial charge >= 0.3 is 0 Å². The molecule has 1 heteroatoms. The molecule has 0 aliphatic heterocycles. The first-order valence-electron chi connectivity index (χ1n) is 5.80. The second-order valence-electron chi connectivity index (χ2n) is 3.83. The number of benzene rings is 1. The van der Waals surface area contributed by atoms with Gasteiger partial charge in [0.25, 0.3) is 0 Å². The Balaban J connectivity index is 0.000000337. The van der Waals surface area contributed by atoms with Crippen LogP contribution in [0.3, 0.4) is 0 Å². The van der Waals surface area contributed by atoms with Gasteiger partial charge in [-0.3, -0.25) is 0 Å². The summed E-state index contributed by atoms with van der Waals surface area (Å²) in [7, 11) is 0. The van der Waals surface area contributed by atoms with Crippen LogP contribution in [-0.4, -0.2) is 4.98 Å². The van der Waals surface area contributed by atoms with Crippen molar-refractivity contribution in [3.05, 3.63) is 35.5 Å². The quantitative estimate of drug-likeness (QED) is 0.704. The highest BCUT2D eigenvalue weighted by Gasteiger charge is 2.03. The second-order valence-corrected chi connectivity index (χ2v) is 3.83. The van der Waals surface area contributed by atoms with E-state index in [0.29, 0.717) is 0 Å². The number of hydrogen-bond acceptors (Lipinski definition) is 0. The number of H-pyrrole nitrogens is 1. The fraction of sp³-hybridized carbons (Fsp3) is 0.429. The van der Waals surface area contributed by atoms with Gasteiger partial charge in [0.1, 0.15) is 0 Å². The number of fused-ring (bicyclic) bond motifs is 1. The van der Waals surface area contributed by atoms with Crippen LogP contribution in [0.4, 0.5) is 0 Å². The van der Waals surface area contributed by atoms with E-state index in [0.717, 1.165) is 6.42 Å². The molecule has 1 nitrogen and oxygen atoms in total. The molecule has 82 valence electrons. The number of aryl methyl sites for hydroxylation is 2.